The Morgan fingerprint density at radius 3 is 3.24 bits per heavy atom. The van der Waals surface area contributed by atoms with Gasteiger partial charge < -0.3 is 10.5 Å². The number of piperidine rings is 1. The van der Waals surface area contributed by atoms with Crippen molar-refractivity contribution in [2.75, 3.05) is 20.2 Å². The van der Waals surface area contributed by atoms with Gasteiger partial charge in [0.1, 0.15) is 0 Å². The molecule has 94 valence electrons. The molecule has 0 amide bonds. The van der Waals surface area contributed by atoms with E-state index in [1.807, 2.05) is 12.3 Å². The molecule has 2 N–H and O–H groups in total. The van der Waals surface area contributed by atoms with E-state index in [2.05, 4.69) is 16.0 Å². The van der Waals surface area contributed by atoms with Gasteiger partial charge >= 0.3 is 0 Å². The van der Waals surface area contributed by atoms with Crippen molar-refractivity contribution in [1.29, 1.82) is 0 Å². The van der Waals surface area contributed by atoms with Crippen molar-refractivity contribution in [3.63, 3.8) is 0 Å². The van der Waals surface area contributed by atoms with Crippen molar-refractivity contribution in [1.82, 2.24) is 9.88 Å². The molecule has 4 heteroatoms. The Morgan fingerprint density at radius 2 is 2.47 bits per heavy atom. The van der Waals surface area contributed by atoms with Crippen molar-refractivity contribution < 1.29 is 4.74 Å². The number of nitrogens with two attached hydrogens (primary N) is 1. The lowest BCUT2D eigenvalue weighted by Gasteiger charge is -2.31. The topological polar surface area (TPSA) is 51.4 Å². The number of hydrogen-bond donors (Lipinski definition) is 1. The number of pyridine rings is 1. The lowest BCUT2D eigenvalue weighted by atomic mass is 10.1. The van der Waals surface area contributed by atoms with Crippen molar-refractivity contribution in [3.05, 3.63) is 29.6 Å². The largest absolute Gasteiger partial charge is 0.380 e. The Kier molecular flexibility index (Phi) is 4.48. The summed E-state index contributed by atoms with van der Waals surface area (Å²) in [6.45, 7) is 3.56. The van der Waals surface area contributed by atoms with Gasteiger partial charge in [0.25, 0.3) is 0 Å². The van der Waals surface area contributed by atoms with Crippen LogP contribution in [0, 0.1) is 0 Å². The number of likely N-dealkylation sites (tertiary alicyclic amines) is 1. The first-order chi connectivity index (χ1) is 8.33. The summed E-state index contributed by atoms with van der Waals surface area (Å²) in [4.78, 5) is 6.83. The van der Waals surface area contributed by atoms with Crippen LogP contribution in [-0.4, -0.2) is 36.2 Å². The van der Waals surface area contributed by atoms with Crippen LogP contribution in [0.4, 0.5) is 0 Å². The van der Waals surface area contributed by atoms with Crippen molar-refractivity contribution in [2.24, 2.45) is 5.73 Å². The minimum Gasteiger partial charge on any atom is -0.380 e. The molecule has 0 aliphatic carbocycles. The first kappa shape index (κ1) is 12.5. The standard InChI is InChI=1S/C13H21N3O/c1-17-12-5-3-7-16(9-12)10-13-11(8-14)4-2-6-15-13/h2,4,6,12H,3,5,7-10,14H2,1H3. The summed E-state index contributed by atoms with van der Waals surface area (Å²) in [7, 11) is 1.79. The van der Waals surface area contributed by atoms with Gasteiger partial charge in [-0.25, -0.2) is 0 Å². The van der Waals surface area contributed by atoms with E-state index >= 15 is 0 Å². The lowest BCUT2D eigenvalue weighted by Crippen LogP contribution is -2.39. The quantitative estimate of drug-likeness (QED) is 0.850. The van der Waals surface area contributed by atoms with Gasteiger partial charge in [0.2, 0.25) is 0 Å². The number of aromatic nitrogens is 1. The third-order valence-corrected chi connectivity index (χ3v) is 3.37. The van der Waals surface area contributed by atoms with Crippen LogP contribution in [0.5, 0.6) is 0 Å². The molecule has 1 aliphatic heterocycles. The molecule has 2 rings (SSSR count). The third kappa shape index (κ3) is 3.25. The van der Waals surface area contributed by atoms with Gasteiger partial charge in [-0.2, -0.15) is 0 Å². The highest BCUT2D eigenvalue weighted by Crippen LogP contribution is 2.16. The van der Waals surface area contributed by atoms with Gasteiger partial charge in [-0.05, 0) is 31.0 Å². The smallest absolute Gasteiger partial charge is 0.0698 e. The maximum absolute atomic E-state index is 5.73. The fourth-order valence-electron chi connectivity index (χ4n) is 2.36. The zero-order chi connectivity index (χ0) is 12.1. The molecule has 1 aromatic rings. The molecule has 0 bridgehead atoms. The Labute approximate surface area is 103 Å². The molecular formula is C13H21N3O. The van der Waals surface area contributed by atoms with E-state index in [-0.39, 0.29) is 0 Å². The van der Waals surface area contributed by atoms with Gasteiger partial charge in [-0.1, -0.05) is 6.07 Å². The molecule has 2 heterocycles. The predicted octanol–water partition coefficient (Wildman–Crippen LogP) is 1.15. The fraction of sp³-hybridized carbons (Fsp3) is 0.615. The van der Waals surface area contributed by atoms with Crippen LogP contribution in [0.1, 0.15) is 24.1 Å². The van der Waals surface area contributed by atoms with Gasteiger partial charge in [-0.15, -0.1) is 0 Å². The Morgan fingerprint density at radius 1 is 1.59 bits per heavy atom. The highest BCUT2D eigenvalue weighted by molar-refractivity contribution is 5.19. The van der Waals surface area contributed by atoms with E-state index in [9.17, 15) is 0 Å². The molecule has 0 radical (unpaired) electrons. The van der Waals surface area contributed by atoms with Crippen LogP contribution in [0.2, 0.25) is 0 Å². The monoisotopic (exact) mass is 235 g/mol. The summed E-state index contributed by atoms with van der Waals surface area (Å²) >= 11 is 0. The second-order valence-corrected chi connectivity index (χ2v) is 4.55. The first-order valence-corrected chi connectivity index (χ1v) is 6.21. The van der Waals surface area contributed by atoms with Crippen LogP contribution < -0.4 is 5.73 Å². The Hall–Kier alpha value is -0.970. The van der Waals surface area contributed by atoms with Crippen LogP contribution >= 0.6 is 0 Å². The molecular weight excluding hydrogens is 214 g/mol. The number of ether oxygens (including phenoxy) is 1. The minimum atomic E-state index is 0.369. The molecule has 1 saturated heterocycles. The van der Waals surface area contributed by atoms with E-state index in [4.69, 9.17) is 10.5 Å². The molecule has 4 nitrogen and oxygen atoms in total. The van der Waals surface area contributed by atoms with E-state index in [0.717, 1.165) is 30.9 Å². The molecule has 1 atom stereocenters. The Balaban J connectivity index is 2.00. The van der Waals surface area contributed by atoms with Crippen LogP contribution in [0.15, 0.2) is 18.3 Å². The average molecular weight is 235 g/mol. The van der Waals surface area contributed by atoms with Crippen LogP contribution in [0.25, 0.3) is 0 Å². The highest BCUT2D eigenvalue weighted by Gasteiger charge is 2.20. The highest BCUT2D eigenvalue weighted by atomic mass is 16.5. The van der Waals surface area contributed by atoms with Gasteiger partial charge in [0.05, 0.1) is 11.8 Å². The zero-order valence-electron chi connectivity index (χ0n) is 10.4. The minimum absolute atomic E-state index is 0.369. The molecule has 0 saturated carbocycles. The number of rotatable bonds is 4. The SMILES string of the molecule is COC1CCCN(Cc2ncccc2CN)C1. The molecule has 1 aliphatic rings. The van der Waals surface area contributed by atoms with E-state index in [1.54, 1.807) is 7.11 Å². The summed E-state index contributed by atoms with van der Waals surface area (Å²) in [5.74, 6) is 0. The summed E-state index contributed by atoms with van der Waals surface area (Å²) in [6.07, 6.45) is 4.57. The summed E-state index contributed by atoms with van der Waals surface area (Å²) in [5.41, 5.74) is 7.97. The summed E-state index contributed by atoms with van der Waals surface area (Å²) in [5, 5.41) is 0. The first-order valence-electron chi connectivity index (χ1n) is 6.21. The van der Waals surface area contributed by atoms with Crippen molar-refractivity contribution in [3.8, 4) is 0 Å². The second-order valence-electron chi connectivity index (χ2n) is 4.55. The van der Waals surface area contributed by atoms with E-state index in [0.29, 0.717) is 12.6 Å². The van der Waals surface area contributed by atoms with E-state index in [1.165, 1.54) is 12.8 Å². The molecule has 0 aromatic carbocycles. The summed E-state index contributed by atoms with van der Waals surface area (Å²) in [6, 6.07) is 4.00. The maximum atomic E-state index is 5.73. The molecule has 1 unspecified atom stereocenters. The number of hydrogen-bond acceptors (Lipinski definition) is 4. The molecule has 1 fully saturated rings. The molecule has 17 heavy (non-hydrogen) atoms. The summed E-state index contributed by atoms with van der Waals surface area (Å²) < 4.78 is 5.43. The number of methoxy groups -OCH3 is 1. The maximum Gasteiger partial charge on any atom is 0.0698 e. The third-order valence-electron chi connectivity index (χ3n) is 3.37. The lowest BCUT2D eigenvalue weighted by molar-refractivity contribution is 0.0280. The van der Waals surface area contributed by atoms with Crippen LogP contribution in [-0.2, 0) is 17.8 Å². The number of nitrogens with zero attached hydrogens (tertiary/aromatic N) is 2. The zero-order valence-corrected chi connectivity index (χ0v) is 10.4. The fourth-order valence-corrected chi connectivity index (χ4v) is 2.36. The van der Waals surface area contributed by atoms with Crippen LogP contribution in [0.3, 0.4) is 0 Å². The van der Waals surface area contributed by atoms with Gasteiger partial charge in [-0.3, -0.25) is 9.88 Å². The second kappa shape index (κ2) is 6.10. The molecule has 1 aromatic heterocycles. The van der Waals surface area contributed by atoms with Crippen molar-refractivity contribution >= 4 is 0 Å². The average Bonchev–Trinajstić information content (AvgIpc) is 2.39. The molecule has 0 spiro atoms. The van der Waals surface area contributed by atoms with Crippen molar-refractivity contribution in [2.45, 2.75) is 32.0 Å². The predicted molar refractivity (Wildman–Crippen MR) is 67.4 cm³/mol. The Bertz CT molecular complexity index is 356. The van der Waals surface area contributed by atoms with Gasteiger partial charge in [0, 0.05) is 32.9 Å². The van der Waals surface area contributed by atoms with E-state index < -0.39 is 0 Å². The van der Waals surface area contributed by atoms with Gasteiger partial charge in [0.15, 0.2) is 0 Å². The normalized spacial score (nSPS) is 21.6.